The van der Waals surface area contributed by atoms with Gasteiger partial charge in [-0.15, -0.1) is 11.8 Å². The minimum atomic E-state index is -0.632. The van der Waals surface area contributed by atoms with Crippen molar-refractivity contribution >= 4 is 23.4 Å². The summed E-state index contributed by atoms with van der Waals surface area (Å²) in [6, 6.07) is 15.4. The number of aliphatic hydroxyl groups excluding tert-OH is 1. The van der Waals surface area contributed by atoms with Crippen molar-refractivity contribution in [3.63, 3.8) is 0 Å². The van der Waals surface area contributed by atoms with Crippen LogP contribution in [0.2, 0.25) is 0 Å². The lowest BCUT2D eigenvalue weighted by Gasteiger charge is -2.37. The second-order valence-electron chi connectivity index (χ2n) is 7.83. The molecule has 2 aromatic rings. The third-order valence-electron chi connectivity index (χ3n) is 5.61. The number of thioether (sulfide) groups is 1. The van der Waals surface area contributed by atoms with Crippen molar-refractivity contribution in [1.29, 1.82) is 0 Å². The maximum atomic E-state index is 12.4. The topological polar surface area (TPSA) is 74.3 Å². The predicted octanol–water partition coefficient (Wildman–Crippen LogP) is 2.17. The number of amides is 1. The molecule has 0 radical (unpaired) electrons. The number of carbonyl (C=O) groups excluding carboxylic acids is 1. The SMILES string of the molecule is CSc1ccc(NC(=O)CN2CCN(CC(O)C3COc4ccccc4O3)CC2)cc1. The second kappa shape index (κ2) is 10.4. The van der Waals surface area contributed by atoms with E-state index >= 15 is 0 Å². The van der Waals surface area contributed by atoms with Crippen LogP contribution in [0.15, 0.2) is 53.4 Å². The van der Waals surface area contributed by atoms with Gasteiger partial charge in [-0.2, -0.15) is 0 Å². The zero-order chi connectivity index (χ0) is 21.6. The van der Waals surface area contributed by atoms with Crippen LogP contribution in [0, 0.1) is 0 Å². The highest BCUT2D eigenvalue weighted by atomic mass is 32.2. The molecule has 4 rings (SSSR count). The van der Waals surface area contributed by atoms with Crippen LogP contribution in [0.3, 0.4) is 0 Å². The van der Waals surface area contributed by atoms with Gasteiger partial charge in [0.15, 0.2) is 17.6 Å². The lowest BCUT2D eigenvalue weighted by molar-refractivity contribution is -0.117. The molecule has 2 aliphatic rings. The standard InChI is InChI=1S/C23H29N3O4S/c1-31-18-8-6-17(7-9-18)24-23(28)15-26-12-10-25(11-13-26)14-19(27)22-16-29-20-4-2-3-5-21(20)30-22/h2-9,19,22,27H,10-16H2,1H3,(H,24,28). The lowest BCUT2D eigenvalue weighted by Crippen LogP contribution is -2.53. The highest BCUT2D eigenvalue weighted by molar-refractivity contribution is 7.98. The van der Waals surface area contributed by atoms with Gasteiger partial charge in [0.25, 0.3) is 0 Å². The number of nitrogens with one attached hydrogen (secondary N) is 1. The Morgan fingerprint density at radius 3 is 2.48 bits per heavy atom. The Morgan fingerprint density at radius 2 is 1.77 bits per heavy atom. The van der Waals surface area contributed by atoms with E-state index < -0.39 is 6.10 Å². The molecule has 31 heavy (non-hydrogen) atoms. The summed E-state index contributed by atoms with van der Waals surface area (Å²) in [6.07, 6.45) is 1.02. The lowest BCUT2D eigenvalue weighted by atomic mass is 10.1. The molecule has 0 aromatic heterocycles. The van der Waals surface area contributed by atoms with E-state index in [9.17, 15) is 9.90 Å². The molecule has 2 unspecified atom stereocenters. The highest BCUT2D eigenvalue weighted by Gasteiger charge is 2.30. The maximum Gasteiger partial charge on any atom is 0.238 e. The number of nitrogens with zero attached hydrogens (tertiary/aromatic N) is 2. The smallest absolute Gasteiger partial charge is 0.238 e. The first-order valence-corrected chi connectivity index (χ1v) is 11.8. The fourth-order valence-electron chi connectivity index (χ4n) is 3.82. The fraction of sp³-hybridized carbons (Fsp3) is 0.435. The summed E-state index contributed by atoms with van der Waals surface area (Å²) in [4.78, 5) is 17.9. The molecule has 2 heterocycles. The van der Waals surface area contributed by atoms with Gasteiger partial charge in [0.2, 0.25) is 5.91 Å². The van der Waals surface area contributed by atoms with Crippen LogP contribution in [-0.2, 0) is 4.79 Å². The molecular formula is C23H29N3O4S. The van der Waals surface area contributed by atoms with Crippen molar-refractivity contribution in [1.82, 2.24) is 9.80 Å². The Morgan fingerprint density at radius 1 is 1.10 bits per heavy atom. The van der Waals surface area contributed by atoms with Crippen LogP contribution in [0.5, 0.6) is 11.5 Å². The van der Waals surface area contributed by atoms with E-state index in [2.05, 4.69) is 15.1 Å². The molecule has 0 spiro atoms. The number of β-amino-alcohol motifs (C(OH)–C–C–N with tert-alkyl or cyclic N) is 1. The van der Waals surface area contributed by atoms with E-state index in [-0.39, 0.29) is 12.0 Å². The number of anilines is 1. The largest absolute Gasteiger partial charge is 0.486 e. The van der Waals surface area contributed by atoms with Gasteiger partial charge in [0.05, 0.1) is 6.54 Å². The first-order chi connectivity index (χ1) is 15.1. The van der Waals surface area contributed by atoms with Crippen molar-refractivity contribution in [3.05, 3.63) is 48.5 Å². The molecule has 1 saturated heterocycles. The molecule has 1 amide bonds. The Labute approximate surface area is 187 Å². The van der Waals surface area contributed by atoms with Crippen molar-refractivity contribution in [2.45, 2.75) is 17.1 Å². The summed E-state index contributed by atoms with van der Waals surface area (Å²) in [5.41, 5.74) is 0.820. The van der Waals surface area contributed by atoms with Crippen molar-refractivity contribution in [2.24, 2.45) is 0 Å². The number of hydrogen-bond donors (Lipinski definition) is 2. The van der Waals surface area contributed by atoms with Crippen molar-refractivity contribution in [2.75, 3.05) is 57.4 Å². The molecule has 2 aliphatic heterocycles. The number of rotatable bonds is 7. The van der Waals surface area contributed by atoms with Gasteiger partial charge in [-0.3, -0.25) is 14.6 Å². The first kappa shape index (κ1) is 22.0. The predicted molar refractivity (Wildman–Crippen MR) is 122 cm³/mol. The monoisotopic (exact) mass is 443 g/mol. The van der Waals surface area contributed by atoms with E-state index in [0.717, 1.165) is 37.6 Å². The zero-order valence-corrected chi connectivity index (χ0v) is 18.5. The summed E-state index contributed by atoms with van der Waals surface area (Å²) >= 11 is 1.68. The van der Waals surface area contributed by atoms with Crippen LogP contribution in [0.1, 0.15) is 0 Å². The van der Waals surface area contributed by atoms with E-state index in [1.165, 1.54) is 4.90 Å². The summed E-state index contributed by atoms with van der Waals surface area (Å²) < 4.78 is 11.6. The molecular weight excluding hydrogens is 414 g/mol. The third kappa shape index (κ3) is 5.92. The molecule has 7 nitrogen and oxygen atoms in total. The molecule has 0 aliphatic carbocycles. The summed E-state index contributed by atoms with van der Waals surface area (Å²) in [7, 11) is 0. The van der Waals surface area contributed by atoms with Crippen molar-refractivity contribution in [3.8, 4) is 11.5 Å². The molecule has 1 fully saturated rings. The number of para-hydroxylation sites is 2. The van der Waals surface area contributed by atoms with Gasteiger partial charge in [0, 0.05) is 43.3 Å². The molecule has 2 N–H and O–H groups in total. The minimum absolute atomic E-state index is 0.00296. The quantitative estimate of drug-likeness (QED) is 0.636. The number of hydrogen-bond acceptors (Lipinski definition) is 7. The van der Waals surface area contributed by atoms with Crippen LogP contribution < -0.4 is 14.8 Å². The molecule has 2 aromatic carbocycles. The van der Waals surface area contributed by atoms with Crippen LogP contribution in [-0.4, -0.2) is 85.2 Å². The summed E-state index contributed by atoms with van der Waals surface area (Å²) in [5.74, 6) is 1.39. The third-order valence-corrected chi connectivity index (χ3v) is 6.35. The number of ether oxygens (including phenoxy) is 2. The number of carbonyl (C=O) groups is 1. The maximum absolute atomic E-state index is 12.4. The molecule has 0 bridgehead atoms. The van der Waals surface area contributed by atoms with E-state index in [0.29, 0.717) is 25.4 Å². The number of aliphatic hydroxyl groups is 1. The second-order valence-corrected chi connectivity index (χ2v) is 8.71. The fourth-order valence-corrected chi connectivity index (χ4v) is 4.22. The molecule has 0 saturated carbocycles. The van der Waals surface area contributed by atoms with Crippen LogP contribution in [0.25, 0.3) is 0 Å². The summed E-state index contributed by atoms with van der Waals surface area (Å²) in [5, 5.41) is 13.6. The highest BCUT2D eigenvalue weighted by Crippen LogP contribution is 2.31. The number of piperazine rings is 1. The Bertz CT molecular complexity index is 871. The van der Waals surface area contributed by atoms with E-state index in [4.69, 9.17) is 9.47 Å². The Balaban J connectivity index is 1.18. The Hall–Kier alpha value is -2.26. The van der Waals surface area contributed by atoms with Crippen LogP contribution in [0.4, 0.5) is 5.69 Å². The van der Waals surface area contributed by atoms with Gasteiger partial charge in [-0.05, 0) is 42.7 Å². The zero-order valence-electron chi connectivity index (χ0n) is 17.7. The van der Waals surface area contributed by atoms with Gasteiger partial charge in [-0.25, -0.2) is 0 Å². The van der Waals surface area contributed by atoms with E-state index in [1.54, 1.807) is 11.8 Å². The van der Waals surface area contributed by atoms with Crippen molar-refractivity contribution < 1.29 is 19.4 Å². The van der Waals surface area contributed by atoms with Gasteiger partial charge in [0.1, 0.15) is 12.7 Å². The summed E-state index contributed by atoms with van der Waals surface area (Å²) in [6.45, 7) is 4.42. The molecule has 2 atom stereocenters. The average molecular weight is 444 g/mol. The van der Waals surface area contributed by atoms with E-state index in [1.807, 2.05) is 54.8 Å². The molecule has 166 valence electrons. The Kier molecular flexibility index (Phi) is 7.34. The normalized spacial score (nSPS) is 20.3. The van der Waals surface area contributed by atoms with Gasteiger partial charge < -0.3 is 19.9 Å². The average Bonchev–Trinajstić information content (AvgIpc) is 2.80. The number of benzene rings is 2. The van der Waals surface area contributed by atoms with Gasteiger partial charge >= 0.3 is 0 Å². The minimum Gasteiger partial charge on any atom is -0.486 e. The van der Waals surface area contributed by atoms with Crippen LogP contribution >= 0.6 is 11.8 Å². The van der Waals surface area contributed by atoms with Gasteiger partial charge in [-0.1, -0.05) is 12.1 Å². The first-order valence-electron chi connectivity index (χ1n) is 10.6. The number of fused-ring (bicyclic) bond motifs is 1. The molecule has 8 heteroatoms.